The number of hydrogen-bond donors (Lipinski definition) is 1. The molecule has 5 heteroatoms. The van der Waals surface area contributed by atoms with Crippen LogP contribution in [0, 0.1) is 5.92 Å². The molecule has 0 fully saturated rings. The number of rotatable bonds is 4. The van der Waals surface area contributed by atoms with Crippen molar-refractivity contribution in [3.05, 3.63) is 0 Å². The molecule has 0 rings (SSSR count). The summed E-state index contributed by atoms with van der Waals surface area (Å²) >= 11 is 5.28. The van der Waals surface area contributed by atoms with Gasteiger partial charge in [0.1, 0.15) is 11.9 Å². The molecule has 0 aliphatic heterocycles. The largest absolute Gasteiger partial charge is 0.467 e. The lowest BCUT2D eigenvalue weighted by atomic mass is 10.1. The Bertz CT molecular complexity index is 194. The molecule has 0 aromatic carbocycles. The van der Waals surface area contributed by atoms with Gasteiger partial charge in [-0.25, -0.2) is 4.79 Å². The third-order valence-electron chi connectivity index (χ3n) is 1.56. The highest BCUT2D eigenvalue weighted by Gasteiger charge is 2.24. The number of alkyl halides is 1. The number of carbonyl (C=O) groups excluding carboxylic acids is 2. The molecule has 0 saturated heterocycles. The van der Waals surface area contributed by atoms with Crippen LogP contribution in [0.15, 0.2) is 0 Å². The maximum atomic E-state index is 11.1. The standard InChI is InChI=1S/C8H14ClNO3/c1-5(2)7(8(12)13-3)10-6(11)4-9/h5,7H,4H2,1-3H3,(H,10,11)/t7-/m1/s1. The van der Waals surface area contributed by atoms with Gasteiger partial charge in [0, 0.05) is 0 Å². The molecular weight excluding hydrogens is 194 g/mol. The first-order valence-corrected chi connectivity index (χ1v) is 4.49. The second-order valence-electron chi connectivity index (χ2n) is 2.95. The molecule has 4 nitrogen and oxygen atoms in total. The smallest absolute Gasteiger partial charge is 0.328 e. The van der Waals surface area contributed by atoms with Crippen LogP contribution in [-0.4, -0.2) is 30.9 Å². The van der Waals surface area contributed by atoms with Crippen LogP contribution in [0.1, 0.15) is 13.8 Å². The van der Waals surface area contributed by atoms with E-state index in [1.807, 2.05) is 13.8 Å². The molecule has 76 valence electrons. The zero-order valence-electron chi connectivity index (χ0n) is 7.96. The predicted molar refractivity (Wildman–Crippen MR) is 49.5 cm³/mol. The topological polar surface area (TPSA) is 55.4 Å². The van der Waals surface area contributed by atoms with E-state index in [0.717, 1.165) is 0 Å². The Morgan fingerprint density at radius 1 is 1.46 bits per heavy atom. The zero-order valence-corrected chi connectivity index (χ0v) is 8.72. The lowest BCUT2D eigenvalue weighted by molar-refractivity contribution is -0.146. The monoisotopic (exact) mass is 207 g/mol. The molecule has 0 heterocycles. The molecular formula is C8H14ClNO3. The number of carbonyl (C=O) groups is 2. The molecule has 0 saturated carbocycles. The van der Waals surface area contributed by atoms with Gasteiger partial charge in [-0.15, -0.1) is 11.6 Å². The van der Waals surface area contributed by atoms with Crippen molar-refractivity contribution in [3.63, 3.8) is 0 Å². The molecule has 0 bridgehead atoms. The Kier molecular flexibility index (Phi) is 5.46. The summed E-state index contributed by atoms with van der Waals surface area (Å²) in [5.41, 5.74) is 0. The highest BCUT2D eigenvalue weighted by Crippen LogP contribution is 2.03. The zero-order chi connectivity index (χ0) is 10.4. The predicted octanol–water partition coefficient (Wildman–Crippen LogP) is 0.539. The quantitative estimate of drug-likeness (QED) is 0.541. The van der Waals surface area contributed by atoms with E-state index in [9.17, 15) is 9.59 Å². The van der Waals surface area contributed by atoms with Crippen LogP contribution in [0.4, 0.5) is 0 Å². The first-order chi connectivity index (χ1) is 6.02. The van der Waals surface area contributed by atoms with Crippen molar-refractivity contribution in [3.8, 4) is 0 Å². The number of methoxy groups -OCH3 is 1. The van der Waals surface area contributed by atoms with Gasteiger partial charge < -0.3 is 10.1 Å². The maximum absolute atomic E-state index is 11.1. The summed E-state index contributed by atoms with van der Waals surface area (Å²) in [4.78, 5) is 22.0. The van der Waals surface area contributed by atoms with E-state index in [2.05, 4.69) is 10.1 Å². The molecule has 0 aliphatic carbocycles. The highest BCUT2D eigenvalue weighted by molar-refractivity contribution is 6.27. The number of hydrogen-bond acceptors (Lipinski definition) is 3. The van der Waals surface area contributed by atoms with Crippen molar-refractivity contribution < 1.29 is 14.3 Å². The Morgan fingerprint density at radius 3 is 2.31 bits per heavy atom. The van der Waals surface area contributed by atoms with E-state index < -0.39 is 12.0 Å². The molecule has 0 unspecified atom stereocenters. The van der Waals surface area contributed by atoms with Crippen LogP contribution in [0.3, 0.4) is 0 Å². The summed E-state index contributed by atoms with van der Waals surface area (Å²) < 4.78 is 4.52. The second kappa shape index (κ2) is 5.80. The van der Waals surface area contributed by atoms with Crippen LogP contribution >= 0.6 is 11.6 Å². The van der Waals surface area contributed by atoms with Gasteiger partial charge in [0.05, 0.1) is 7.11 Å². The molecule has 0 aromatic rings. The van der Waals surface area contributed by atoms with Crippen molar-refractivity contribution in [2.24, 2.45) is 5.92 Å². The van der Waals surface area contributed by atoms with Gasteiger partial charge in [0.2, 0.25) is 5.91 Å². The Hall–Kier alpha value is -0.770. The van der Waals surface area contributed by atoms with Crippen LogP contribution in [0.5, 0.6) is 0 Å². The summed E-state index contributed by atoms with van der Waals surface area (Å²) in [6.45, 7) is 3.63. The van der Waals surface area contributed by atoms with Crippen molar-refractivity contribution in [2.75, 3.05) is 13.0 Å². The summed E-state index contributed by atoms with van der Waals surface area (Å²) in [6, 6.07) is -0.615. The molecule has 1 atom stereocenters. The van der Waals surface area contributed by atoms with Gasteiger partial charge in [0.15, 0.2) is 0 Å². The molecule has 0 aromatic heterocycles. The maximum Gasteiger partial charge on any atom is 0.328 e. The molecule has 1 amide bonds. The van der Waals surface area contributed by atoms with Crippen molar-refractivity contribution >= 4 is 23.5 Å². The van der Waals surface area contributed by atoms with Gasteiger partial charge in [-0.2, -0.15) is 0 Å². The first-order valence-electron chi connectivity index (χ1n) is 3.96. The highest BCUT2D eigenvalue weighted by atomic mass is 35.5. The van der Waals surface area contributed by atoms with Gasteiger partial charge in [-0.1, -0.05) is 13.8 Å². The van der Waals surface area contributed by atoms with E-state index >= 15 is 0 Å². The lowest BCUT2D eigenvalue weighted by Crippen LogP contribution is -2.45. The van der Waals surface area contributed by atoms with E-state index in [4.69, 9.17) is 11.6 Å². The van der Waals surface area contributed by atoms with E-state index in [1.165, 1.54) is 7.11 Å². The number of ether oxygens (including phenoxy) is 1. The van der Waals surface area contributed by atoms with Crippen molar-refractivity contribution in [1.82, 2.24) is 5.32 Å². The SMILES string of the molecule is COC(=O)[C@H](NC(=O)CCl)C(C)C. The average molecular weight is 208 g/mol. The van der Waals surface area contributed by atoms with Crippen molar-refractivity contribution in [2.45, 2.75) is 19.9 Å². The van der Waals surface area contributed by atoms with Gasteiger partial charge in [-0.3, -0.25) is 4.79 Å². The lowest BCUT2D eigenvalue weighted by Gasteiger charge is -2.18. The third kappa shape index (κ3) is 4.12. The molecule has 1 N–H and O–H groups in total. The van der Waals surface area contributed by atoms with E-state index in [0.29, 0.717) is 0 Å². The van der Waals surface area contributed by atoms with Crippen LogP contribution in [-0.2, 0) is 14.3 Å². The minimum atomic E-state index is -0.615. The Balaban J connectivity index is 4.26. The fraction of sp³-hybridized carbons (Fsp3) is 0.750. The summed E-state index contributed by atoms with van der Waals surface area (Å²) in [7, 11) is 1.28. The second-order valence-corrected chi connectivity index (χ2v) is 3.21. The van der Waals surface area contributed by atoms with Crippen LogP contribution in [0.25, 0.3) is 0 Å². The van der Waals surface area contributed by atoms with Gasteiger partial charge >= 0.3 is 5.97 Å². The summed E-state index contributed by atoms with van der Waals surface area (Å²) in [5.74, 6) is -0.987. The van der Waals surface area contributed by atoms with Gasteiger partial charge in [-0.05, 0) is 5.92 Å². The van der Waals surface area contributed by atoms with Crippen LogP contribution in [0.2, 0.25) is 0 Å². The average Bonchev–Trinajstić information content (AvgIpc) is 2.11. The number of nitrogens with one attached hydrogen (secondary N) is 1. The number of amides is 1. The molecule has 0 spiro atoms. The van der Waals surface area contributed by atoms with Crippen molar-refractivity contribution in [1.29, 1.82) is 0 Å². The fourth-order valence-electron chi connectivity index (χ4n) is 0.837. The minimum absolute atomic E-state index is 0.0142. The first kappa shape index (κ1) is 12.2. The molecule has 0 aliphatic rings. The Labute approximate surface area is 82.6 Å². The van der Waals surface area contributed by atoms with Gasteiger partial charge in [0.25, 0.3) is 0 Å². The Morgan fingerprint density at radius 2 is 2.00 bits per heavy atom. The normalized spacial score (nSPS) is 12.4. The number of halogens is 1. The number of esters is 1. The molecule has 0 radical (unpaired) electrons. The fourth-order valence-corrected chi connectivity index (χ4v) is 0.914. The van der Waals surface area contributed by atoms with E-state index in [1.54, 1.807) is 0 Å². The summed E-state index contributed by atoms with van der Waals surface area (Å²) in [6.07, 6.45) is 0. The third-order valence-corrected chi connectivity index (χ3v) is 1.80. The molecule has 13 heavy (non-hydrogen) atoms. The van der Waals surface area contributed by atoms with E-state index in [-0.39, 0.29) is 17.7 Å². The minimum Gasteiger partial charge on any atom is -0.467 e. The van der Waals surface area contributed by atoms with Crippen LogP contribution < -0.4 is 5.32 Å². The summed E-state index contributed by atoms with van der Waals surface area (Å²) in [5, 5.41) is 2.47.